The van der Waals surface area contributed by atoms with E-state index in [-0.39, 0.29) is 23.7 Å². The molecule has 2 heterocycles. The van der Waals surface area contributed by atoms with Crippen LogP contribution in [0.4, 0.5) is 10.2 Å². The fourth-order valence-electron chi connectivity index (χ4n) is 4.01. The van der Waals surface area contributed by atoms with Gasteiger partial charge < -0.3 is 19.3 Å². The van der Waals surface area contributed by atoms with Crippen molar-refractivity contribution in [2.45, 2.75) is 20.3 Å². The van der Waals surface area contributed by atoms with Crippen LogP contribution in [0.3, 0.4) is 0 Å². The average molecular weight is 481 g/mol. The van der Waals surface area contributed by atoms with E-state index in [9.17, 15) is 14.0 Å². The molecule has 1 aliphatic rings. The van der Waals surface area contributed by atoms with Crippen molar-refractivity contribution >= 4 is 11.7 Å². The molecular weight excluding hydrogens is 451 g/mol. The van der Waals surface area contributed by atoms with Crippen LogP contribution in [0.5, 0.6) is 11.5 Å². The van der Waals surface area contributed by atoms with Crippen molar-refractivity contribution in [1.82, 2.24) is 14.7 Å². The zero-order chi connectivity index (χ0) is 24.8. The molecule has 1 aromatic heterocycles. The SMILES string of the molecule is CCOc1ccc(CC(=O)N2CCN(c3ccc(=O)n(-c4ccc(F)cc4)n3)CC2)cc1OCC. The molecule has 2 aromatic carbocycles. The zero-order valence-corrected chi connectivity index (χ0v) is 19.9. The zero-order valence-electron chi connectivity index (χ0n) is 19.9. The molecule has 0 unspecified atom stereocenters. The van der Waals surface area contributed by atoms with Crippen molar-refractivity contribution in [3.05, 3.63) is 76.3 Å². The number of benzene rings is 2. The van der Waals surface area contributed by atoms with Crippen molar-refractivity contribution in [3.8, 4) is 17.2 Å². The lowest BCUT2D eigenvalue weighted by molar-refractivity contribution is -0.130. The molecule has 1 saturated heterocycles. The van der Waals surface area contributed by atoms with Gasteiger partial charge in [-0.3, -0.25) is 9.59 Å². The van der Waals surface area contributed by atoms with Gasteiger partial charge in [0.2, 0.25) is 5.91 Å². The monoisotopic (exact) mass is 480 g/mol. The largest absolute Gasteiger partial charge is 0.490 e. The molecule has 8 nitrogen and oxygen atoms in total. The van der Waals surface area contributed by atoms with Crippen molar-refractivity contribution in [2.75, 3.05) is 44.3 Å². The van der Waals surface area contributed by atoms with Gasteiger partial charge in [-0.05, 0) is 61.9 Å². The molecule has 0 N–H and O–H groups in total. The number of halogens is 1. The Morgan fingerprint density at radius 2 is 1.60 bits per heavy atom. The van der Waals surface area contributed by atoms with Crippen LogP contribution in [-0.2, 0) is 11.2 Å². The van der Waals surface area contributed by atoms with Gasteiger partial charge in [-0.2, -0.15) is 4.68 Å². The van der Waals surface area contributed by atoms with Gasteiger partial charge >= 0.3 is 0 Å². The highest BCUT2D eigenvalue weighted by molar-refractivity contribution is 5.79. The van der Waals surface area contributed by atoms with Gasteiger partial charge in [0.1, 0.15) is 11.6 Å². The molecule has 9 heteroatoms. The number of anilines is 1. The van der Waals surface area contributed by atoms with Gasteiger partial charge in [-0.25, -0.2) is 4.39 Å². The lowest BCUT2D eigenvalue weighted by Gasteiger charge is -2.35. The van der Waals surface area contributed by atoms with Gasteiger partial charge in [-0.1, -0.05) is 6.07 Å². The van der Waals surface area contributed by atoms with Crippen LogP contribution in [0.2, 0.25) is 0 Å². The molecule has 0 radical (unpaired) electrons. The number of aromatic nitrogens is 2. The summed E-state index contributed by atoms with van der Waals surface area (Å²) in [4.78, 5) is 29.1. The van der Waals surface area contributed by atoms with E-state index in [1.165, 1.54) is 35.0 Å². The van der Waals surface area contributed by atoms with Crippen molar-refractivity contribution < 1.29 is 18.7 Å². The highest BCUT2D eigenvalue weighted by atomic mass is 19.1. The van der Waals surface area contributed by atoms with E-state index < -0.39 is 0 Å². The summed E-state index contributed by atoms with van der Waals surface area (Å²) in [5.74, 6) is 1.62. The maximum absolute atomic E-state index is 13.3. The van der Waals surface area contributed by atoms with Gasteiger partial charge in [0, 0.05) is 32.2 Å². The summed E-state index contributed by atoms with van der Waals surface area (Å²) >= 11 is 0. The lowest BCUT2D eigenvalue weighted by atomic mass is 10.1. The Kier molecular flexibility index (Phi) is 7.64. The predicted octanol–water partition coefficient (Wildman–Crippen LogP) is 3.06. The normalized spacial score (nSPS) is 13.6. The molecule has 35 heavy (non-hydrogen) atoms. The second-order valence-corrected chi connectivity index (χ2v) is 8.11. The van der Waals surface area contributed by atoms with Crippen LogP contribution in [-0.4, -0.2) is 60.0 Å². The van der Waals surface area contributed by atoms with E-state index in [4.69, 9.17) is 9.47 Å². The molecule has 0 atom stereocenters. The summed E-state index contributed by atoms with van der Waals surface area (Å²) < 4.78 is 25.8. The second-order valence-electron chi connectivity index (χ2n) is 8.11. The summed E-state index contributed by atoms with van der Waals surface area (Å²) in [5, 5.41) is 4.46. The molecule has 0 spiro atoms. The number of piperazine rings is 1. The Labute approximate surface area is 203 Å². The van der Waals surface area contributed by atoms with E-state index in [0.29, 0.717) is 62.4 Å². The van der Waals surface area contributed by atoms with E-state index >= 15 is 0 Å². The molecule has 4 rings (SSSR count). The van der Waals surface area contributed by atoms with Crippen molar-refractivity contribution in [3.63, 3.8) is 0 Å². The number of amides is 1. The number of hydrogen-bond acceptors (Lipinski definition) is 6. The van der Waals surface area contributed by atoms with Gasteiger partial charge in [-0.15, -0.1) is 5.10 Å². The summed E-state index contributed by atoms with van der Waals surface area (Å²) in [6.07, 6.45) is 0.278. The first-order valence-corrected chi connectivity index (χ1v) is 11.8. The Balaban J connectivity index is 1.39. The summed E-state index contributed by atoms with van der Waals surface area (Å²) in [6.45, 7) is 7.16. The molecule has 0 aliphatic carbocycles. The minimum Gasteiger partial charge on any atom is -0.490 e. The first kappa shape index (κ1) is 24.3. The van der Waals surface area contributed by atoms with E-state index in [0.717, 1.165) is 5.56 Å². The van der Waals surface area contributed by atoms with Gasteiger partial charge in [0.25, 0.3) is 5.56 Å². The Hall–Kier alpha value is -3.88. The second kappa shape index (κ2) is 11.0. The number of rotatable bonds is 8. The molecule has 1 aliphatic heterocycles. The molecule has 1 amide bonds. The Morgan fingerprint density at radius 3 is 2.29 bits per heavy atom. The summed E-state index contributed by atoms with van der Waals surface area (Å²) in [6, 6.07) is 14.3. The predicted molar refractivity (Wildman–Crippen MR) is 131 cm³/mol. The summed E-state index contributed by atoms with van der Waals surface area (Å²) in [7, 11) is 0. The minimum atomic E-state index is -0.377. The van der Waals surface area contributed by atoms with Gasteiger partial charge in [0.15, 0.2) is 11.5 Å². The van der Waals surface area contributed by atoms with E-state index in [1.807, 2.05) is 41.8 Å². The average Bonchev–Trinajstić information content (AvgIpc) is 2.87. The fraction of sp³-hybridized carbons (Fsp3) is 0.346. The lowest BCUT2D eigenvalue weighted by Crippen LogP contribution is -2.49. The van der Waals surface area contributed by atoms with Gasteiger partial charge in [0.05, 0.1) is 25.3 Å². The smallest absolute Gasteiger partial charge is 0.271 e. The number of hydrogen-bond donors (Lipinski definition) is 0. The molecule has 0 saturated carbocycles. The van der Waals surface area contributed by atoms with Crippen LogP contribution >= 0.6 is 0 Å². The van der Waals surface area contributed by atoms with Crippen LogP contribution in [0.1, 0.15) is 19.4 Å². The number of carbonyl (C=O) groups excluding carboxylic acids is 1. The van der Waals surface area contributed by atoms with Crippen LogP contribution in [0.25, 0.3) is 5.69 Å². The number of carbonyl (C=O) groups is 1. The minimum absolute atomic E-state index is 0.0421. The number of nitrogens with zero attached hydrogens (tertiary/aromatic N) is 4. The van der Waals surface area contributed by atoms with Crippen LogP contribution < -0.4 is 19.9 Å². The van der Waals surface area contributed by atoms with Crippen LogP contribution in [0, 0.1) is 5.82 Å². The highest BCUT2D eigenvalue weighted by Crippen LogP contribution is 2.29. The van der Waals surface area contributed by atoms with Crippen molar-refractivity contribution in [2.24, 2.45) is 0 Å². The molecule has 0 bridgehead atoms. The topological polar surface area (TPSA) is 76.9 Å². The standard InChI is InChI=1S/C26H29FN4O4/c1-3-34-22-10-5-19(17-23(22)35-4-2)18-26(33)30-15-13-29(14-16-30)24-11-12-25(32)31(28-24)21-8-6-20(27)7-9-21/h5-12,17H,3-4,13-16,18H2,1-2H3. The third-order valence-electron chi connectivity index (χ3n) is 5.78. The third-order valence-corrected chi connectivity index (χ3v) is 5.78. The Bertz CT molecular complexity index is 1220. The molecule has 184 valence electrons. The van der Waals surface area contributed by atoms with E-state index in [1.54, 1.807) is 6.07 Å². The van der Waals surface area contributed by atoms with Crippen molar-refractivity contribution in [1.29, 1.82) is 0 Å². The molecule has 3 aromatic rings. The van der Waals surface area contributed by atoms with Crippen LogP contribution in [0.15, 0.2) is 59.4 Å². The fourth-order valence-corrected chi connectivity index (χ4v) is 4.01. The summed E-state index contributed by atoms with van der Waals surface area (Å²) in [5.41, 5.74) is 1.07. The maximum Gasteiger partial charge on any atom is 0.271 e. The first-order valence-electron chi connectivity index (χ1n) is 11.8. The highest BCUT2D eigenvalue weighted by Gasteiger charge is 2.23. The van der Waals surface area contributed by atoms with E-state index in [2.05, 4.69) is 5.10 Å². The quantitative estimate of drug-likeness (QED) is 0.493. The first-order chi connectivity index (χ1) is 17.0. The molecular formula is C26H29FN4O4. The number of ether oxygens (including phenoxy) is 2. The molecule has 1 fully saturated rings. The maximum atomic E-state index is 13.3. The third kappa shape index (κ3) is 5.79. The Morgan fingerprint density at radius 1 is 0.914 bits per heavy atom.